The Morgan fingerprint density at radius 1 is 1.04 bits per heavy atom. The van der Waals surface area contributed by atoms with Crippen LogP contribution in [-0.2, 0) is 33.6 Å². The van der Waals surface area contributed by atoms with Gasteiger partial charge in [-0.1, -0.05) is 19.9 Å². The third kappa shape index (κ3) is 6.32. The van der Waals surface area contributed by atoms with Gasteiger partial charge in [0.15, 0.2) is 11.5 Å². The molecule has 0 saturated heterocycles. The number of hydrogen-bond donors (Lipinski definition) is 2. The van der Waals surface area contributed by atoms with Gasteiger partial charge in [-0.3, -0.25) is 9.11 Å². The third-order valence-corrected chi connectivity index (χ3v) is 5.19. The van der Waals surface area contributed by atoms with Crippen molar-refractivity contribution >= 4 is 20.8 Å². The minimum atomic E-state index is -4.90. The maximum Gasteiger partial charge on any atom is 0.446 e. The highest BCUT2D eigenvalue weighted by molar-refractivity contribution is 7.81. The van der Waals surface area contributed by atoms with Crippen molar-refractivity contribution in [1.82, 2.24) is 4.90 Å². The Hall–Kier alpha value is -1.40. The highest BCUT2D eigenvalue weighted by Crippen LogP contribution is 2.39. The van der Waals surface area contributed by atoms with Crippen molar-refractivity contribution < 1.29 is 34.3 Å². The van der Waals surface area contributed by atoms with Crippen molar-refractivity contribution in [2.24, 2.45) is 0 Å². The fraction of sp³-hybridized carbons (Fsp3) is 0.625. The summed E-state index contributed by atoms with van der Waals surface area (Å²) < 4.78 is 71.4. The van der Waals surface area contributed by atoms with Crippen molar-refractivity contribution in [3.8, 4) is 11.5 Å². The highest BCUT2D eigenvalue weighted by atomic mass is 32.3. The lowest BCUT2D eigenvalue weighted by molar-refractivity contribution is 0.179. The fourth-order valence-corrected chi connectivity index (χ4v) is 4.27. The van der Waals surface area contributed by atoms with Gasteiger partial charge in [-0.25, -0.2) is 0 Å². The molecule has 0 amide bonds. The molecule has 2 rings (SSSR count). The molecule has 11 heteroatoms. The molecule has 154 valence electrons. The van der Waals surface area contributed by atoms with Crippen LogP contribution in [0.5, 0.6) is 11.5 Å². The predicted octanol–water partition coefficient (Wildman–Crippen LogP) is 2.03. The van der Waals surface area contributed by atoms with E-state index < -0.39 is 32.3 Å². The van der Waals surface area contributed by atoms with Crippen molar-refractivity contribution in [2.75, 3.05) is 13.1 Å². The van der Waals surface area contributed by atoms with Gasteiger partial charge in [0.05, 0.1) is 0 Å². The maximum atomic E-state index is 11.2. The Labute approximate surface area is 160 Å². The van der Waals surface area contributed by atoms with Gasteiger partial charge in [0.2, 0.25) is 0 Å². The number of nitrogens with zero attached hydrogens (tertiary/aromatic N) is 1. The van der Waals surface area contributed by atoms with Gasteiger partial charge >= 0.3 is 20.8 Å². The van der Waals surface area contributed by atoms with Crippen molar-refractivity contribution in [3.63, 3.8) is 0 Å². The van der Waals surface area contributed by atoms with Crippen LogP contribution in [0, 0.1) is 0 Å². The summed E-state index contributed by atoms with van der Waals surface area (Å²) in [6.07, 6.45) is 3.79. The van der Waals surface area contributed by atoms with Crippen LogP contribution in [0.1, 0.15) is 44.2 Å². The van der Waals surface area contributed by atoms with E-state index in [0.717, 1.165) is 31.5 Å². The first-order valence-electron chi connectivity index (χ1n) is 8.76. The van der Waals surface area contributed by atoms with E-state index in [0.29, 0.717) is 24.8 Å². The molecule has 1 aromatic rings. The van der Waals surface area contributed by atoms with E-state index >= 15 is 0 Å². The summed E-state index contributed by atoms with van der Waals surface area (Å²) in [5, 5.41) is 0. The molecule has 1 atom stereocenters. The van der Waals surface area contributed by atoms with E-state index in [4.69, 9.17) is 9.11 Å². The average Bonchev–Trinajstić information content (AvgIpc) is 2.54. The molecule has 9 nitrogen and oxygen atoms in total. The molecule has 0 radical (unpaired) electrons. The molecule has 0 fully saturated rings. The molecule has 27 heavy (non-hydrogen) atoms. The Balaban J connectivity index is 2.40. The summed E-state index contributed by atoms with van der Waals surface area (Å²) in [5.41, 5.74) is 1.22. The standard InChI is InChI=1S/C16H25NO8S2/c1-3-9-17(10-4-2)13-6-7-14-12(11-13)5-8-15(24-26(18,19)20)16(14)25-27(21,22)23/h5,8,13H,3-4,6-7,9-11H2,1-2H3,(H,18,19,20)(H,21,22,23). The van der Waals surface area contributed by atoms with Crippen LogP contribution in [0.2, 0.25) is 0 Å². The Bertz CT molecular complexity index is 861. The van der Waals surface area contributed by atoms with Crippen LogP contribution in [-0.4, -0.2) is 50.0 Å². The summed E-state index contributed by atoms with van der Waals surface area (Å²) in [6.45, 7) is 6.12. The molecule has 1 aromatic carbocycles. The smallest absolute Gasteiger partial charge is 0.358 e. The second kappa shape index (κ2) is 8.74. The van der Waals surface area contributed by atoms with Gasteiger partial charge < -0.3 is 13.3 Å². The minimum Gasteiger partial charge on any atom is -0.358 e. The van der Waals surface area contributed by atoms with Crippen LogP contribution >= 0.6 is 0 Å². The predicted molar refractivity (Wildman–Crippen MR) is 98.8 cm³/mol. The van der Waals surface area contributed by atoms with Crippen LogP contribution in [0.4, 0.5) is 0 Å². The highest BCUT2D eigenvalue weighted by Gasteiger charge is 2.30. The zero-order valence-electron chi connectivity index (χ0n) is 15.3. The van der Waals surface area contributed by atoms with Crippen molar-refractivity contribution in [2.45, 2.75) is 52.0 Å². The van der Waals surface area contributed by atoms with E-state index in [9.17, 15) is 16.8 Å². The summed E-state index contributed by atoms with van der Waals surface area (Å²) >= 11 is 0. The molecule has 0 spiro atoms. The van der Waals surface area contributed by atoms with Crippen LogP contribution in [0.25, 0.3) is 0 Å². The van der Waals surface area contributed by atoms with Crippen LogP contribution < -0.4 is 8.37 Å². The third-order valence-electron chi connectivity index (χ3n) is 4.43. The second-order valence-electron chi connectivity index (χ2n) is 6.49. The molecule has 1 aliphatic rings. The molecule has 2 N–H and O–H groups in total. The molecule has 0 aliphatic heterocycles. The van der Waals surface area contributed by atoms with Gasteiger partial charge in [0, 0.05) is 11.6 Å². The van der Waals surface area contributed by atoms with Gasteiger partial charge in [0.1, 0.15) is 0 Å². The van der Waals surface area contributed by atoms with Crippen molar-refractivity contribution in [3.05, 3.63) is 23.3 Å². The van der Waals surface area contributed by atoms with E-state index in [1.165, 1.54) is 6.07 Å². The topological polar surface area (TPSA) is 130 Å². The lowest BCUT2D eigenvalue weighted by Gasteiger charge is -2.35. The number of fused-ring (bicyclic) bond motifs is 1. The average molecular weight is 424 g/mol. The van der Waals surface area contributed by atoms with E-state index in [-0.39, 0.29) is 6.04 Å². The number of benzene rings is 1. The summed E-state index contributed by atoms with van der Waals surface area (Å²) in [6, 6.07) is 3.10. The monoisotopic (exact) mass is 423 g/mol. The van der Waals surface area contributed by atoms with E-state index in [1.807, 2.05) is 0 Å². The fourth-order valence-electron chi connectivity index (χ4n) is 3.52. The number of rotatable bonds is 9. The molecule has 0 heterocycles. The summed E-state index contributed by atoms with van der Waals surface area (Å²) in [5.74, 6) is -0.907. The van der Waals surface area contributed by atoms with E-state index in [1.54, 1.807) is 6.07 Å². The summed E-state index contributed by atoms with van der Waals surface area (Å²) in [4.78, 5) is 2.38. The molecule has 0 bridgehead atoms. The normalized spacial score (nSPS) is 17.6. The van der Waals surface area contributed by atoms with Crippen LogP contribution in [0.3, 0.4) is 0 Å². The Morgan fingerprint density at radius 3 is 2.15 bits per heavy atom. The van der Waals surface area contributed by atoms with Crippen molar-refractivity contribution in [1.29, 1.82) is 0 Å². The Kier molecular flexibility index (Phi) is 7.09. The lowest BCUT2D eigenvalue weighted by atomic mass is 9.86. The first-order chi connectivity index (χ1) is 12.5. The molecule has 0 saturated carbocycles. The number of hydrogen-bond acceptors (Lipinski definition) is 7. The van der Waals surface area contributed by atoms with Crippen LogP contribution in [0.15, 0.2) is 12.1 Å². The molecular formula is C16H25NO8S2. The van der Waals surface area contributed by atoms with Gasteiger partial charge in [0.25, 0.3) is 0 Å². The first kappa shape index (κ1) is 21.9. The zero-order valence-corrected chi connectivity index (χ0v) is 16.9. The molecule has 0 aromatic heterocycles. The quantitative estimate of drug-likeness (QED) is 0.573. The summed E-state index contributed by atoms with van der Waals surface area (Å²) in [7, 11) is -9.79. The van der Waals surface area contributed by atoms with Gasteiger partial charge in [-0.2, -0.15) is 16.8 Å². The lowest BCUT2D eigenvalue weighted by Crippen LogP contribution is -2.40. The van der Waals surface area contributed by atoms with E-state index in [2.05, 4.69) is 27.1 Å². The van der Waals surface area contributed by atoms with Gasteiger partial charge in [-0.15, -0.1) is 0 Å². The molecular weight excluding hydrogens is 398 g/mol. The zero-order chi connectivity index (χ0) is 20.2. The SMILES string of the molecule is CCCN(CCC)C1CCc2c(ccc(OS(=O)(=O)O)c2OS(=O)(=O)O)C1. The largest absolute Gasteiger partial charge is 0.446 e. The second-order valence-corrected chi connectivity index (χ2v) is 8.53. The Morgan fingerprint density at radius 2 is 1.63 bits per heavy atom. The first-order valence-corrected chi connectivity index (χ1v) is 11.5. The molecule has 1 aliphatic carbocycles. The molecule has 1 unspecified atom stereocenters. The maximum absolute atomic E-state index is 11.2. The minimum absolute atomic E-state index is 0.268. The van der Waals surface area contributed by atoms with Gasteiger partial charge in [-0.05, 0) is 56.8 Å².